The standard InChI is InChI=1S/C17H7N5S2/c1-8-2-11-14(9(4-18)5-19)17-12(3-13(22)24-17)15(16(11)23-8)10(6-20)7-21/h2-3H,22H2,1H3. The van der Waals surface area contributed by atoms with Crippen molar-refractivity contribution in [2.75, 3.05) is 5.73 Å². The number of aryl methyl sites for hydroxylation is 1. The fraction of sp³-hybridized carbons (Fsp3) is 0.0588. The van der Waals surface area contributed by atoms with Crippen LogP contribution in [-0.4, -0.2) is 0 Å². The second kappa shape index (κ2) is 5.69. The second-order valence-corrected chi connectivity index (χ2v) is 7.28. The Morgan fingerprint density at radius 2 is 1.29 bits per heavy atom. The first-order valence-corrected chi connectivity index (χ1v) is 8.29. The molecule has 3 aromatic rings. The highest BCUT2D eigenvalue weighted by atomic mass is 32.1. The molecular weight excluding hydrogens is 338 g/mol. The van der Waals surface area contributed by atoms with Crippen LogP contribution >= 0.6 is 22.7 Å². The minimum atomic E-state index is -0.00772. The van der Waals surface area contributed by atoms with Gasteiger partial charge in [-0.25, -0.2) is 0 Å². The van der Waals surface area contributed by atoms with Gasteiger partial charge in [0, 0.05) is 35.5 Å². The van der Waals surface area contributed by atoms with E-state index in [2.05, 4.69) is 0 Å². The van der Waals surface area contributed by atoms with E-state index in [0.29, 0.717) is 35.6 Å². The Balaban J connectivity index is 2.93. The third-order valence-corrected chi connectivity index (χ3v) is 5.60. The number of benzene rings is 1. The topological polar surface area (TPSA) is 121 Å². The molecule has 0 saturated carbocycles. The summed E-state index contributed by atoms with van der Waals surface area (Å²) in [5, 5.41) is 40.2. The molecule has 2 N–H and O–H groups in total. The first kappa shape index (κ1) is 15.5. The number of rotatable bonds is 0. The molecule has 24 heavy (non-hydrogen) atoms. The van der Waals surface area contributed by atoms with Crippen molar-refractivity contribution in [1.82, 2.24) is 0 Å². The molecule has 0 aliphatic carbocycles. The first-order valence-electron chi connectivity index (χ1n) is 6.65. The van der Waals surface area contributed by atoms with Crippen LogP contribution in [0, 0.1) is 52.2 Å². The lowest BCUT2D eigenvalue weighted by Gasteiger charge is -1.99. The van der Waals surface area contributed by atoms with Crippen LogP contribution < -0.4 is 16.2 Å². The van der Waals surface area contributed by atoms with Crippen molar-refractivity contribution in [3.05, 3.63) is 27.4 Å². The first-order chi connectivity index (χ1) is 11.5. The Morgan fingerprint density at radius 3 is 1.79 bits per heavy atom. The molecule has 2 aromatic heterocycles. The molecular formula is C17H7N5S2. The van der Waals surface area contributed by atoms with Gasteiger partial charge in [0.2, 0.25) is 0 Å². The van der Waals surface area contributed by atoms with Gasteiger partial charge in [0.15, 0.2) is 0 Å². The Morgan fingerprint density at radius 1 is 0.833 bits per heavy atom. The number of anilines is 1. The van der Waals surface area contributed by atoms with Gasteiger partial charge in [0.1, 0.15) is 35.4 Å². The van der Waals surface area contributed by atoms with E-state index < -0.39 is 0 Å². The maximum Gasteiger partial charge on any atom is 0.138 e. The van der Waals surface area contributed by atoms with Gasteiger partial charge in [-0.2, -0.15) is 21.0 Å². The summed E-state index contributed by atoms with van der Waals surface area (Å²) in [5.41, 5.74) is 5.91. The predicted octanol–water partition coefficient (Wildman–Crippen LogP) is 2.40. The Labute approximate surface area is 144 Å². The lowest BCUT2D eigenvalue weighted by atomic mass is 10.0. The summed E-state index contributed by atoms with van der Waals surface area (Å²) >= 11 is 2.66. The normalized spacial score (nSPS) is 9.88. The third-order valence-electron chi connectivity index (χ3n) is 3.55. The predicted molar refractivity (Wildman–Crippen MR) is 94.9 cm³/mol. The number of hydrogen-bond donors (Lipinski definition) is 1. The molecule has 2 heterocycles. The molecule has 0 saturated heterocycles. The van der Waals surface area contributed by atoms with Gasteiger partial charge in [-0.3, -0.25) is 0 Å². The third kappa shape index (κ3) is 2.09. The molecule has 0 fully saturated rings. The maximum absolute atomic E-state index is 9.34. The van der Waals surface area contributed by atoms with E-state index in [0.717, 1.165) is 4.88 Å². The van der Waals surface area contributed by atoms with Crippen LogP contribution in [-0.2, 0) is 0 Å². The van der Waals surface area contributed by atoms with Gasteiger partial charge in [0.05, 0.1) is 5.00 Å². The quantitative estimate of drug-likeness (QED) is 0.670. The molecule has 112 valence electrons. The fourth-order valence-corrected chi connectivity index (χ4v) is 4.76. The largest absolute Gasteiger partial charge is 0.391 e. The summed E-state index contributed by atoms with van der Waals surface area (Å²) in [6.45, 7) is 1.90. The average Bonchev–Trinajstić information content (AvgIpc) is 3.12. The van der Waals surface area contributed by atoms with Gasteiger partial charge >= 0.3 is 0 Å². The zero-order valence-corrected chi connectivity index (χ0v) is 14.0. The molecule has 0 unspecified atom stereocenters. The van der Waals surface area contributed by atoms with Crippen molar-refractivity contribution in [3.8, 4) is 24.3 Å². The Kier molecular flexibility index (Phi) is 3.68. The number of thiophene rings is 2. The lowest BCUT2D eigenvalue weighted by Crippen LogP contribution is -2.15. The number of nitriles is 4. The van der Waals surface area contributed by atoms with Crippen LogP contribution in [0.5, 0.6) is 0 Å². The van der Waals surface area contributed by atoms with Crippen molar-refractivity contribution in [3.63, 3.8) is 0 Å². The highest BCUT2D eigenvalue weighted by molar-refractivity contribution is 7.23. The molecule has 5 nitrogen and oxygen atoms in total. The number of hydrogen-bond acceptors (Lipinski definition) is 7. The van der Waals surface area contributed by atoms with E-state index in [1.165, 1.54) is 22.7 Å². The second-order valence-electron chi connectivity index (χ2n) is 4.94. The monoisotopic (exact) mass is 345 g/mol. The van der Waals surface area contributed by atoms with Crippen LogP contribution in [0.1, 0.15) is 4.88 Å². The minimum Gasteiger partial charge on any atom is -0.391 e. The molecule has 0 bridgehead atoms. The fourth-order valence-electron chi connectivity index (χ4n) is 2.68. The summed E-state index contributed by atoms with van der Waals surface area (Å²) in [6.07, 6.45) is 0. The maximum atomic E-state index is 9.34. The number of nitrogen functional groups attached to an aromatic ring is 1. The molecule has 0 aliphatic heterocycles. The summed E-state index contributed by atoms with van der Waals surface area (Å²) in [4.78, 5) is 0.962. The van der Waals surface area contributed by atoms with Crippen LogP contribution in [0.4, 0.5) is 5.00 Å². The van der Waals surface area contributed by atoms with E-state index in [-0.39, 0.29) is 11.1 Å². The van der Waals surface area contributed by atoms with Crippen molar-refractivity contribution in [1.29, 1.82) is 21.0 Å². The van der Waals surface area contributed by atoms with Crippen LogP contribution in [0.3, 0.4) is 0 Å². The molecule has 3 rings (SSSR count). The van der Waals surface area contributed by atoms with Crippen molar-refractivity contribution in [2.24, 2.45) is 0 Å². The van der Waals surface area contributed by atoms with Crippen molar-refractivity contribution in [2.45, 2.75) is 6.92 Å². The lowest BCUT2D eigenvalue weighted by molar-refractivity contribution is 1.50. The van der Waals surface area contributed by atoms with E-state index in [1.807, 2.05) is 37.3 Å². The molecule has 0 radical (unpaired) electrons. The molecule has 0 atom stereocenters. The smallest absolute Gasteiger partial charge is 0.138 e. The van der Waals surface area contributed by atoms with E-state index in [1.54, 1.807) is 6.07 Å². The van der Waals surface area contributed by atoms with Gasteiger partial charge in [-0.05, 0) is 19.1 Å². The minimum absolute atomic E-state index is 0.00772. The Bertz CT molecular complexity index is 1120. The van der Waals surface area contributed by atoms with Crippen LogP contribution in [0.25, 0.3) is 31.3 Å². The molecule has 0 aliphatic rings. The van der Waals surface area contributed by atoms with Crippen molar-refractivity contribution >= 4 is 59.0 Å². The summed E-state index contributed by atoms with van der Waals surface area (Å²) in [5.74, 6) is 0. The van der Waals surface area contributed by atoms with Crippen molar-refractivity contribution < 1.29 is 0 Å². The molecule has 1 aromatic carbocycles. The van der Waals surface area contributed by atoms with E-state index >= 15 is 0 Å². The number of nitrogens with zero attached hydrogens (tertiary/aromatic N) is 4. The zero-order chi connectivity index (χ0) is 17.4. The van der Waals surface area contributed by atoms with Gasteiger partial charge < -0.3 is 5.73 Å². The van der Waals surface area contributed by atoms with Crippen LogP contribution in [0.2, 0.25) is 0 Å². The van der Waals surface area contributed by atoms with E-state index in [4.69, 9.17) is 5.73 Å². The number of fused-ring (bicyclic) bond motifs is 2. The molecule has 7 heteroatoms. The van der Waals surface area contributed by atoms with Crippen LogP contribution in [0.15, 0.2) is 12.1 Å². The van der Waals surface area contributed by atoms with E-state index in [9.17, 15) is 21.0 Å². The SMILES string of the molecule is Cc1cc2c(=C(C#N)C#N)c3sc(N)cc3c(=C(C#N)C#N)c2s1. The highest BCUT2D eigenvalue weighted by Crippen LogP contribution is 2.29. The molecule has 0 spiro atoms. The molecule has 0 amide bonds. The average molecular weight is 345 g/mol. The summed E-state index contributed by atoms with van der Waals surface area (Å²) < 4.78 is 1.36. The van der Waals surface area contributed by atoms with Gasteiger partial charge in [-0.1, -0.05) is 0 Å². The zero-order valence-electron chi connectivity index (χ0n) is 12.3. The highest BCUT2D eigenvalue weighted by Gasteiger charge is 2.16. The van der Waals surface area contributed by atoms with Gasteiger partial charge in [0.25, 0.3) is 0 Å². The van der Waals surface area contributed by atoms with Gasteiger partial charge in [-0.15, -0.1) is 22.7 Å². The Hall–Kier alpha value is -3.36. The number of nitrogens with two attached hydrogens (primary N) is 1. The summed E-state index contributed by atoms with van der Waals surface area (Å²) in [7, 11) is 0. The summed E-state index contributed by atoms with van der Waals surface area (Å²) in [6, 6.07) is 11.3.